The number of benzene rings is 1. The van der Waals surface area contributed by atoms with E-state index < -0.39 is 4.92 Å². The molecule has 1 aromatic rings. The molecule has 110 valence electrons. The highest BCUT2D eigenvalue weighted by molar-refractivity contribution is 5.98. The molecule has 1 fully saturated rings. The minimum absolute atomic E-state index is 0. The lowest BCUT2D eigenvalue weighted by atomic mass is 10.0. The van der Waals surface area contributed by atoms with E-state index in [2.05, 4.69) is 10.6 Å². The zero-order valence-corrected chi connectivity index (χ0v) is 12.0. The van der Waals surface area contributed by atoms with Gasteiger partial charge in [-0.3, -0.25) is 14.9 Å². The van der Waals surface area contributed by atoms with Crippen LogP contribution < -0.4 is 10.6 Å². The van der Waals surface area contributed by atoms with Crippen molar-refractivity contribution in [3.8, 4) is 0 Å². The lowest BCUT2D eigenvalue weighted by Gasteiger charge is -2.23. The van der Waals surface area contributed by atoms with Crippen LogP contribution in [0.3, 0.4) is 0 Å². The van der Waals surface area contributed by atoms with E-state index in [4.69, 9.17) is 0 Å². The maximum atomic E-state index is 12.2. The fraction of sp³-hybridized carbons (Fsp3) is 0.462. The number of para-hydroxylation sites is 1. The van der Waals surface area contributed by atoms with Crippen LogP contribution in [0.5, 0.6) is 0 Å². The van der Waals surface area contributed by atoms with Gasteiger partial charge in [-0.05, 0) is 38.9 Å². The second kappa shape index (κ2) is 7.21. The van der Waals surface area contributed by atoms with Crippen LogP contribution in [0.4, 0.5) is 5.69 Å². The first-order valence-corrected chi connectivity index (χ1v) is 6.35. The van der Waals surface area contributed by atoms with Gasteiger partial charge in [0.1, 0.15) is 5.56 Å². The number of carbonyl (C=O) groups is 1. The zero-order valence-electron chi connectivity index (χ0n) is 11.2. The number of hydrogen-bond acceptors (Lipinski definition) is 4. The topological polar surface area (TPSA) is 84.3 Å². The summed E-state index contributed by atoms with van der Waals surface area (Å²) in [6, 6.07) is 4.90. The number of nitro benzene ring substituents is 1. The Kier molecular flexibility index (Phi) is 5.91. The maximum absolute atomic E-state index is 12.2. The van der Waals surface area contributed by atoms with Crippen LogP contribution in [-0.2, 0) is 0 Å². The van der Waals surface area contributed by atoms with Gasteiger partial charge in [0.15, 0.2) is 0 Å². The minimum Gasteiger partial charge on any atom is -0.349 e. The first-order valence-electron chi connectivity index (χ1n) is 6.35. The highest BCUT2D eigenvalue weighted by Gasteiger charge is 2.24. The predicted molar refractivity (Wildman–Crippen MR) is 78.4 cm³/mol. The highest BCUT2D eigenvalue weighted by atomic mass is 35.5. The van der Waals surface area contributed by atoms with Crippen molar-refractivity contribution >= 4 is 24.0 Å². The van der Waals surface area contributed by atoms with Gasteiger partial charge in [0.05, 0.1) is 4.92 Å². The third kappa shape index (κ3) is 3.68. The van der Waals surface area contributed by atoms with E-state index in [1.807, 2.05) is 0 Å². The molecule has 1 heterocycles. The first kappa shape index (κ1) is 16.4. The lowest BCUT2D eigenvalue weighted by molar-refractivity contribution is -0.385. The average Bonchev–Trinajstić information content (AvgIpc) is 2.39. The number of piperidine rings is 1. The van der Waals surface area contributed by atoms with Crippen LogP contribution in [0.2, 0.25) is 0 Å². The van der Waals surface area contributed by atoms with Crippen LogP contribution >= 0.6 is 12.4 Å². The summed E-state index contributed by atoms with van der Waals surface area (Å²) in [4.78, 5) is 22.7. The third-order valence-electron chi connectivity index (χ3n) is 3.34. The number of amides is 1. The molecule has 0 saturated carbocycles. The molecular weight excluding hydrogens is 282 g/mol. The van der Waals surface area contributed by atoms with Gasteiger partial charge in [-0.1, -0.05) is 12.1 Å². The van der Waals surface area contributed by atoms with Crippen molar-refractivity contribution in [2.75, 3.05) is 13.1 Å². The lowest BCUT2D eigenvalue weighted by Crippen LogP contribution is -2.42. The molecular formula is C13H18ClN3O3. The van der Waals surface area contributed by atoms with Crippen molar-refractivity contribution in [2.24, 2.45) is 0 Å². The molecule has 0 aromatic heterocycles. The molecule has 0 radical (unpaired) electrons. The zero-order chi connectivity index (χ0) is 13.8. The number of nitrogens with one attached hydrogen (secondary N) is 2. The maximum Gasteiger partial charge on any atom is 0.285 e. The molecule has 20 heavy (non-hydrogen) atoms. The van der Waals surface area contributed by atoms with Crippen LogP contribution in [0.25, 0.3) is 0 Å². The van der Waals surface area contributed by atoms with Gasteiger partial charge in [0.2, 0.25) is 0 Å². The molecule has 2 N–H and O–H groups in total. The monoisotopic (exact) mass is 299 g/mol. The van der Waals surface area contributed by atoms with E-state index in [1.54, 1.807) is 19.1 Å². The van der Waals surface area contributed by atoms with E-state index in [0.717, 1.165) is 25.9 Å². The Labute approximate surface area is 123 Å². The summed E-state index contributed by atoms with van der Waals surface area (Å²) < 4.78 is 0. The second-order valence-electron chi connectivity index (χ2n) is 4.73. The standard InChI is InChI=1S/C13H17N3O3.ClH/c1-9-3-2-4-11(12(9)16(18)19)13(17)15-10-5-7-14-8-6-10;/h2-4,10,14H,5-8H2,1H3,(H,15,17);1H. The fourth-order valence-electron chi connectivity index (χ4n) is 2.31. The van der Waals surface area contributed by atoms with Crippen molar-refractivity contribution in [1.29, 1.82) is 0 Å². The van der Waals surface area contributed by atoms with Gasteiger partial charge < -0.3 is 10.6 Å². The van der Waals surface area contributed by atoms with E-state index >= 15 is 0 Å². The van der Waals surface area contributed by atoms with Gasteiger partial charge in [-0.15, -0.1) is 12.4 Å². The summed E-state index contributed by atoms with van der Waals surface area (Å²) in [7, 11) is 0. The van der Waals surface area contributed by atoms with Crippen molar-refractivity contribution in [2.45, 2.75) is 25.8 Å². The Morgan fingerprint density at radius 1 is 1.40 bits per heavy atom. The molecule has 1 aromatic carbocycles. The van der Waals surface area contributed by atoms with E-state index in [0.29, 0.717) is 5.56 Å². The van der Waals surface area contributed by atoms with Crippen LogP contribution in [0.1, 0.15) is 28.8 Å². The number of aryl methyl sites for hydroxylation is 1. The van der Waals surface area contributed by atoms with Crippen LogP contribution in [-0.4, -0.2) is 30.0 Å². The summed E-state index contributed by atoms with van der Waals surface area (Å²) in [6.45, 7) is 3.36. The van der Waals surface area contributed by atoms with E-state index in [-0.39, 0.29) is 35.6 Å². The predicted octanol–water partition coefficient (Wildman–Crippen LogP) is 1.81. The van der Waals surface area contributed by atoms with E-state index in [1.165, 1.54) is 6.07 Å². The molecule has 1 aliphatic heterocycles. The summed E-state index contributed by atoms with van der Waals surface area (Å²) in [5.41, 5.74) is 0.542. The van der Waals surface area contributed by atoms with E-state index in [9.17, 15) is 14.9 Å². The summed E-state index contributed by atoms with van der Waals surface area (Å²) in [6.07, 6.45) is 1.71. The number of hydrogen-bond donors (Lipinski definition) is 2. The van der Waals surface area contributed by atoms with Crippen molar-refractivity contribution < 1.29 is 9.72 Å². The molecule has 1 saturated heterocycles. The Morgan fingerprint density at radius 2 is 2.05 bits per heavy atom. The quantitative estimate of drug-likeness (QED) is 0.658. The molecule has 7 heteroatoms. The molecule has 6 nitrogen and oxygen atoms in total. The summed E-state index contributed by atoms with van der Waals surface area (Å²) in [5, 5.41) is 17.1. The largest absolute Gasteiger partial charge is 0.349 e. The number of halogens is 1. The third-order valence-corrected chi connectivity index (χ3v) is 3.34. The van der Waals surface area contributed by atoms with Crippen molar-refractivity contribution in [3.63, 3.8) is 0 Å². The van der Waals surface area contributed by atoms with Crippen LogP contribution in [0.15, 0.2) is 18.2 Å². The Morgan fingerprint density at radius 3 is 2.65 bits per heavy atom. The van der Waals surface area contributed by atoms with Gasteiger partial charge in [-0.25, -0.2) is 0 Å². The molecule has 0 spiro atoms. The second-order valence-corrected chi connectivity index (χ2v) is 4.73. The van der Waals surface area contributed by atoms with Gasteiger partial charge in [0, 0.05) is 11.6 Å². The fourth-order valence-corrected chi connectivity index (χ4v) is 2.31. The summed E-state index contributed by atoms with van der Waals surface area (Å²) in [5.74, 6) is -0.359. The van der Waals surface area contributed by atoms with Gasteiger partial charge >= 0.3 is 0 Å². The average molecular weight is 300 g/mol. The minimum atomic E-state index is -0.493. The van der Waals surface area contributed by atoms with Crippen LogP contribution in [0, 0.1) is 17.0 Å². The smallest absolute Gasteiger partial charge is 0.285 e. The Bertz CT molecular complexity index is 502. The Hall–Kier alpha value is -1.66. The number of nitro groups is 1. The number of rotatable bonds is 3. The first-order chi connectivity index (χ1) is 9.09. The number of carbonyl (C=O) groups excluding carboxylic acids is 1. The normalized spacial score (nSPS) is 15.2. The molecule has 1 aliphatic rings. The molecule has 0 aliphatic carbocycles. The summed E-state index contributed by atoms with van der Waals surface area (Å²) >= 11 is 0. The number of nitrogens with zero attached hydrogens (tertiary/aromatic N) is 1. The van der Waals surface area contributed by atoms with Crippen molar-refractivity contribution in [1.82, 2.24) is 10.6 Å². The highest BCUT2D eigenvalue weighted by Crippen LogP contribution is 2.23. The molecule has 0 bridgehead atoms. The van der Waals surface area contributed by atoms with Crippen molar-refractivity contribution in [3.05, 3.63) is 39.4 Å². The SMILES string of the molecule is Cc1cccc(C(=O)NC2CCNCC2)c1[N+](=O)[O-].Cl. The molecule has 0 unspecified atom stereocenters. The Balaban J connectivity index is 0.00000200. The van der Waals surface area contributed by atoms with Gasteiger partial charge in [0.25, 0.3) is 11.6 Å². The van der Waals surface area contributed by atoms with Gasteiger partial charge in [-0.2, -0.15) is 0 Å². The molecule has 1 amide bonds. The molecule has 2 rings (SSSR count). The molecule has 0 atom stereocenters.